The molecule has 4 aromatic carbocycles. The van der Waals surface area contributed by atoms with Crippen molar-refractivity contribution < 1.29 is 10.0 Å². The van der Waals surface area contributed by atoms with Crippen LogP contribution in [0.2, 0.25) is 5.82 Å². The third kappa shape index (κ3) is 2.67. The van der Waals surface area contributed by atoms with Crippen molar-refractivity contribution in [3.63, 3.8) is 0 Å². The number of hydrogen-bond acceptors (Lipinski definition) is 2. The molecule has 0 saturated heterocycles. The Morgan fingerprint density at radius 1 is 0.704 bits per heavy atom. The van der Waals surface area contributed by atoms with Crippen LogP contribution in [0.1, 0.15) is 12.0 Å². The van der Waals surface area contributed by atoms with Gasteiger partial charge in [-0.05, 0) is 55.9 Å². The summed E-state index contributed by atoms with van der Waals surface area (Å²) in [6.07, 6.45) is 6.48. The van der Waals surface area contributed by atoms with Crippen LogP contribution < -0.4 is 0 Å². The average Bonchev–Trinajstić information content (AvgIpc) is 2.73. The van der Waals surface area contributed by atoms with Gasteiger partial charge >= 0.3 is 7.12 Å². The van der Waals surface area contributed by atoms with Gasteiger partial charge < -0.3 is 10.0 Å². The maximum Gasteiger partial charge on any atom is 0.459 e. The topological polar surface area (TPSA) is 40.5 Å². The van der Waals surface area contributed by atoms with E-state index in [9.17, 15) is 10.0 Å². The lowest BCUT2D eigenvalue weighted by Gasteiger charge is -2.19. The predicted octanol–water partition coefficient (Wildman–Crippen LogP) is 5.33. The fourth-order valence-electron chi connectivity index (χ4n) is 4.23. The summed E-state index contributed by atoms with van der Waals surface area (Å²) in [6, 6.07) is 23.7. The molecular weight excluding hydrogens is 331 g/mol. The minimum absolute atomic E-state index is 0.256. The van der Waals surface area contributed by atoms with E-state index in [1.807, 2.05) is 12.2 Å². The fraction of sp³-hybridized carbons (Fsp3) is 0.0833. The van der Waals surface area contributed by atoms with Crippen molar-refractivity contribution in [1.82, 2.24) is 0 Å². The molecule has 2 nitrogen and oxygen atoms in total. The summed E-state index contributed by atoms with van der Waals surface area (Å²) in [5.41, 5.74) is 2.27. The van der Waals surface area contributed by atoms with Gasteiger partial charge in [0.1, 0.15) is 0 Å². The third-order valence-corrected chi connectivity index (χ3v) is 5.61. The van der Waals surface area contributed by atoms with Crippen molar-refractivity contribution in [2.24, 2.45) is 0 Å². The van der Waals surface area contributed by atoms with E-state index in [1.165, 1.54) is 32.3 Å². The first-order valence-electron chi connectivity index (χ1n) is 9.29. The second-order valence-corrected chi connectivity index (χ2v) is 7.21. The summed E-state index contributed by atoms with van der Waals surface area (Å²) >= 11 is 0. The van der Waals surface area contributed by atoms with Crippen molar-refractivity contribution >= 4 is 45.0 Å². The predicted molar refractivity (Wildman–Crippen MR) is 115 cm³/mol. The van der Waals surface area contributed by atoms with Crippen LogP contribution in [0.4, 0.5) is 0 Å². The molecule has 0 aromatic heterocycles. The lowest BCUT2D eigenvalue weighted by molar-refractivity contribution is 0.395. The van der Waals surface area contributed by atoms with Gasteiger partial charge in [0.2, 0.25) is 0 Å². The molecule has 130 valence electrons. The van der Waals surface area contributed by atoms with E-state index < -0.39 is 7.12 Å². The molecule has 27 heavy (non-hydrogen) atoms. The standard InChI is InChI=1S/C24H19BO2/c26-25(27)18-7-5-6-16(14-18)17-12-13-23-21-10-2-1-8-19(21)20-9-3-4-11-22(20)24(23)15-17/h1-13,15,18,26-27H,14H2. The zero-order chi connectivity index (χ0) is 18.4. The first-order chi connectivity index (χ1) is 13.2. The number of hydrogen-bond donors (Lipinski definition) is 2. The van der Waals surface area contributed by atoms with Gasteiger partial charge in [-0.1, -0.05) is 78.9 Å². The second-order valence-electron chi connectivity index (χ2n) is 7.21. The van der Waals surface area contributed by atoms with Gasteiger partial charge in [-0.15, -0.1) is 0 Å². The van der Waals surface area contributed by atoms with Crippen molar-refractivity contribution in [3.8, 4) is 0 Å². The van der Waals surface area contributed by atoms with Crippen LogP contribution in [-0.4, -0.2) is 17.2 Å². The Kier molecular flexibility index (Phi) is 3.85. The first kappa shape index (κ1) is 16.3. The third-order valence-electron chi connectivity index (χ3n) is 5.61. The SMILES string of the molecule is OB(O)C1C=CC=C(c2ccc3c4ccccc4c4ccccc4c3c2)C1. The molecule has 4 aromatic rings. The molecule has 0 bridgehead atoms. The molecule has 1 atom stereocenters. The number of benzene rings is 4. The number of rotatable bonds is 2. The van der Waals surface area contributed by atoms with E-state index in [4.69, 9.17) is 0 Å². The highest BCUT2D eigenvalue weighted by Crippen LogP contribution is 2.38. The summed E-state index contributed by atoms with van der Waals surface area (Å²) < 4.78 is 0. The first-order valence-corrected chi connectivity index (χ1v) is 9.29. The van der Waals surface area contributed by atoms with E-state index in [-0.39, 0.29) is 5.82 Å². The summed E-state index contributed by atoms with van der Waals surface area (Å²) in [6.45, 7) is 0. The number of allylic oxidation sites excluding steroid dienone is 4. The van der Waals surface area contributed by atoms with Crippen LogP contribution in [0.3, 0.4) is 0 Å². The largest absolute Gasteiger partial charge is 0.459 e. The molecule has 1 aliphatic rings. The summed E-state index contributed by atoms with van der Waals surface area (Å²) in [5.74, 6) is -0.256. The zero-order valence-corrected chi connectivity index (χ0v) is 14.8. The molecule has 0 aliphatic heterocycles. The van der Waals surface area contributed by atoms with Gasteiger partial charge in [0, 0.05) is 5.82 Å². The van der Waals surface area contributed by atoms with E-state index >= 15 is 0 Å². The molecule has 0 amide bonds. The molecule has 1 unspecified atom stereocenters. The van der Waals surface area contributed by atoms with Crippen molar-refractivity contribution in [3.05, 3.63) is 90.5 Å². The zero-order valence-electron chi connectivity index (χ0n) is 14.8. The average molecular weight is 350 g/mol. The molecule has 1 aliphatic carbocycles. The van der Waals surface area contributed by atoms with E-state index in [0.717, 1.165) is 11.1 Å². The Labute approximate surface area is 158 Å². The second kappa shape index (κ2) is 6.38. The molecule has 0 saturated carbocycles. The molecule has 0 fully saturated rings. The van der Waals surface area contributed by atoms with Crippen molar-refractivity contribution in [1.29, 1.82) is 0 Å². The number of fused-ring (bicyclic) bond motifs is 6. The van der Waals surface area contributed by atoms with Crippen LogP contribution in [0.5, 0.6) is 0 Å². The monoisotopic (exact) mass is 350 g/mol. The fourth-order valence-corrected chi connectivity index (χ4v) is 4.23. The van der Waals surface area contributed by atoms with Gasteiger partial charge in [0.05, 0.1) is 0 Å². The lowest BCUT2D eigenvalue weighted by Crippen LogP contribution is -2.19. The van der Waals surface area contributed by atoms with Gasteiger partial charge in [-0.2, -0.15) is 0 Å². The Balaban J connectivity index is 1.77. The molecule has 0 heterocycles. The molecule has 0 radical (unpaired) electrons. The van der Waals surface area contributed by atoms with Gasteiger partial charge in [-0.3, -0.25) is 0 Å². The van der Waals surface area contributed by atoms with Crippen LogP contribution in [-0.2, 0) is 0 Å². The molecule has 5 rings (SSSR count). The van der Waals surface area contributed by atoms with Crippen LogP contribution in [0.15, 0.2) is 85.0 Å². The Bertz CT molecular complexity index is 1200. The molecule has 0 spiro atoms. The highest BCUT2D eigenvalue weighted by Gasteiger charge is 2.24. The quantitative estimate of drug-likeness (QED) is 0.379. The smallest absolute Gasteiger partial charge is 0.427 e. The summed E-state index contributed by atoms with van der Waals surface area (Å²) in [4.78, 5) is 0. The van der Waals surface area contributed by atoms with Gasteiger partial charge in [0.25, 0.3) is 0 Å². The highest BCUT2D eigenvalue weighted by atomic mass is 16.4. The molecule has 2 N–H and O–H groups in total. The van der Waals surface area contributed by atoms with Gasteiger partial charge in [-0.25, -0.2) is 0 Å². The van der Waals surface area contributed by atoms with Crippen molar-refractivity contribution in [2.75, 3.05) is 0 Å². The Hall–Kier alpha value is -2.88. The minimum atomic E-state index is -1.32. The maximum atomic E-state index is 9.55. The lowest BCUT2D eigenvalue weighted by atomic mass is 9.67. The minimum Gasteiger partial charge on any atom is -0.427 e. The maximum absolute atomic E-state index is 9.55. The van der Waals surface area contributed by atoms with E-state index in [0.29, 0.717) is 6.42 Å². The normalized spacial score (nSPS) is 16.8. The van der Waals surface area contributed by atoms with E-state index in [2.05, 4.69) is 72.8 Å². The van der Waals surface area contributed by atoms with Crippen molar-refractivity contribution in [2.45, 2.75) is 12.2 Å². The van der Waals surface area contributed by atoms with Crippen LogP contribution >= 0.6 is 0 Å². The highest BCUT2D eigenvalue weighted by molar-refractivity contribution is 6.44. The Morgan fingerprint density at radius 3 is 1.85 bits per heavy atom. The van der Waals surface area contributed by atoms with E-state index in [1.54, 1.807) is 0 Å². The van der Waals surface area contributed by atoms with Crippen LogP contribution in [0, 0.1) is 0 Å². The van der Waals surface area contributed by atoms with Gasteiger partial charge in [0.15, 0.2) is 0 Å². The summed E-state index contributed by atoms with van der Waals surface area (Å²) in [5, 5.41) is 26.6. The molecule has 3 heteroatoms. The summed E-state index contributed by atoms with van der Waals surface area (Å²) in [7, 11) is -1.32. The Morgan fingerprint density at radius 2 is 1.26 bits per heavy atom. The molecular formula is C24H19BO2. The van der Waals surface area contributed by atoms with Crippen LogP contribution in [0.25, 0.3) is 37.9 Å².